The Morgan fingerprint density at radius 2 is 1.68 bits per heavy atom. The predicted octanol–water partition coefficient (Wildman–Crippen LogP) is 5.74. The van der Waals surface area contributed by atoms with Gasteiger partial charge in [0.25, 0.3) is 0 Å². The fourth-order valence-electron chi connectivity index (χ4n) is 4.28. The summed E-state index contributed by atoms with van der Waals surface area (Å²) in [5.74, 6) is 2.38. The van der Waals surface area contributed by atoms with Crippen molar-refractivity contribution in [2.24, 2.45) is 0 Å². The molecule has 38 heavy (non-hydrogen) atoms. The zero-order chi connectivity index (χ0) is 26.9. The quantitative estimate of drug-likeness (QED) is 0.158. The van der Waals surface area contributed by atoms with Crippen LogP contribution in [0.1, 0.15) is 39.7 Å². The van der Waals surface area contributed by atoms with Gasteiger partial charge in [-0.05, 0) is 82.4 Å². The van der Waals surface area contributed by atoms with E-state index in [2.05, 4.69) is 32.7 Å². The molecular formula is C29H32BNO7. The Hall–Kier alpha value is -3.56. The summed E-state index contributed by atoms with van der Waals surface area (Å²) in [6.07, 6.45) is 1.54. The van der Waals surface area contributed by atoms with E-state index < -0.39 is 0 Å². The van der Waals surface area contributed by atoms with E-state index in [0.717, 1.165) is 18.3 Å². The molecule has 1 saturated heterocycles. The highest BCUT2D eigenvalue weighted by atomic mass is 16.7. The van der Waals surface area contributed by atoms with E-state index in [-0.39, 0.29) is 23.7 Å². The lowest BCUT2D eigenvalue weighted by molar-refractivity contribution is 0.00578. The molecule has 2 aliphatic heterocycles. The average molecular weight is 517 g/mol. The molecular weight excluding hydrogens is 485 g/mol. The number of benzene rings is 3. The van der Waals surface area contributed by atoms with Crippen molar-refractivity contribution >= 4 is 18.2 Å². The Morgan fingerprint density at radius 1 is 0.895 bits per heavy atom. The first-order valence-electron chi connectivity index (χ1n) is 12.8. The largest absolute Gasteiger partial charge is 0.493 e. The van der Waals surface area contributed by atoms with Crippen LogP contribution in [-0.2, 0) is 15.9 Å². The summed E-state index contributed by atoms with van der Waals surface area (Å²) in [7, 11) is 1.39. The van der Waals surface area contributed by atoms with Crippen molar-refractivity contribution < 1.29 is 27.9 Å². The monoisotopic (exact) mass is 517 g/mol. The minimum Gasteiger partial charge on any atom is -0.493 e. The van der Waals surface area contributed by atoms with Crippen LogP contribution in [-0.4, -0.2) is 37.0 Å². The number of hydrogen-bond acceptors (Lipinski definition) is 8. The fraction of sp³-hybridized carbons (Fsp3) is 0.379. The van der Waals surface area contributed by atoms with E-state index in [1.807, 2.05) is 30.3 Å². The van der Waals surface area contributed by atoms with Gasteiger partial charge in [0.15, 0.2) is 28.3 Å². The van der Waals surface area contributed by atoms with Gasteiger partial charge in [-0.2, -0.15) is 0 Å². The van der Waals surface area contributed by atoms with Gasteiger partial charge in [-0.25, -0.2) is 4.98 Å². The summed E-state index contributed by atoms with van der Waals surface area (Å²) >= 11 is 0. The van der Waals surface area contributed by atoms with Gasteiger partial charge in [0, 0.05) is 12.1 Å². The van der Waals surface area contributed by atoms with Gasteiger partial charge in [0.1, 0.15) is 23.6 Å². The maximum Gasteiger partial charge on any atom is 0.457 e. The van der Waals surface area contributed by atoms with Crippen molar-refractivity contribution in [1.29, 1.82) is 0 Å². The lowest BCUT2D eigenvalue weighted by Gasteiger charge is -2.32. The van der Waals surface area contributed by atoms with E-state index in [1.54, 1.807) is 19.2 Å². The number of methoxy groups -OCH3 is 1. The number of ether oxygens (including phenoxy) is 3. The van der Waals surface area contributed by atoms with E-state index >= 15 is 0 Å². The molecule has 0 unspecified atom stereocenters. The lowest BCUT2D eigenvalue weighted by Crippen LogP contribution is -2.41. The molecule has 9 heteroatoms. The fourth-order valence-corrected chi connectivity index (χ4v) is 4.28. The molecule has 3 aliphatic rings. The Bertz CT molecular complexity index is 1450. The maximum atomic E-state index is 11.7. The van der Waals surface area contributed by atoms with Crippen LogP contribution < -0.4 is 19.6 Å². The van der Waals surface area contributed by atoms with Gasteiger partial charge in [-0.3, -0.25) is 4.79 Å². The second-order valence-electron chi connectivity index (χ2n) is 10.4. The second kappa shape index (κ2) is 10.3. The van der Waals surface area contributed by atoms with Crippen LogP contribution in [0.3, 0.4) is 0 Å². The average Bonchev–Trinajstić information content (AvgIpc) is 3.09. The van der Waals surface area contributed by atoms with Gasteiger partial charge in [-0.1, -0.05) is 6.07 Å². The molecule has 2 aromatic carbocycles. The zero-order valence-electron chi connectivity index (χ0n) is 22.4. The number of nitrogens with zero attached hydrogens (tertiary/aromatic N) is 1. The molecule has 0 saturated carbocycles. The summed E-state index contributed by atoms with van der Waals surface area (Å²) in [6.45, 7) is 9.07. The van der Waals surface area contributed by atoms with Gasteiger partial charge >= 0.3 is 7.12 Å². The maximum absolute atomic E-state index is 11.7. The van der Waals surface area contributed by atoms with Crippen LogP contribution in [0.5, 0.6) is 17.2 Å². The van der Waals surface area contributed by atoms with Crippen molar-refractivity contribution in [2.75, 3.05) is 13.7 Å². The molecule has 0 N–H and O–H groups in total. The van der Waals surface area contributed by atoms with E-state index in [0.29, 0.717) is 53.0 Å². The molecule has 0 bridgehead atoms. The van der Waals surface area contributed by atoms with Crippen LogP contribution >= 0.6 is 0 Å². The third-order valence-corrected chi connectivity index (χ3v) is 7.10. The molecule has 198 valence electrons. The number of fused-ring (bicyclic) bond motifs is 2. The normalized spacial score (nSPS) is 16.2. The van der Waals surface area contributed by atoms with Crippen LogP contribution in [0.4, 0.5) is 0 Å². The van der Waals surface area contributed by atoms with Crippen LogP contribution in [0.25, 0.3) is 22.6 Å². The van der Waals surface area contributed by atoms with Crippen LogP contribution in [0.15, 0.2) is 63.8 Å². The summed E-state index contributed by atoms with van der Waals surface area (Å²) in [4.78, 5) is 16.2. The predicted molar refractivity (Wildman–Crippen MR) is 145 cm³/mol. The first-order valence-corrected chi connectivity index (χ1v) is 12.8. The van der Waals surface area contributed by atoms with Gasteiger partial charge in [-0.15, -0.1) is 0 Å². The molecule has 0 radical (unpaired) electrons. The van der Waals surface area contributed by atoms with Crippen LogP contribution in [0, 0.1) is 0 Å². The molecule has 0 amide bonds. The first-order chi connectivity index (χ1) is 18.1. The van der Waals surface area contributed by atoms with E-state index in [1.165, 1.54) is 12.1 Å². The minimum atomic E-state index is -0.325. The Kier molecular flexibility index (Phi) is 7.07. The summed E-state index contributed by atoms with van der Waals surface area (Å²) in [6, 6.07) is 15.7. The third-order valence-electron chi connectivity index (χ3n) is 7.10. The summed E-state index contributed by atoms with van der Waals surface area (Å²) in [5, 5.41) is 0. The molecule has 0 spiro atoms. The van der Waals surface area contributed by atoms with Crippen molar-refractivity contribution in [3.63, 3.8) is 0 Å². The van der Waals surface area contributed by atoms with Gasteiger partial charge in [0.05, 0.1) is 24.9 Å². The first kappa shape index (κ1) is 26.1. The number of rotatable bonds is 9. The number of aromatic nitrogens is 1. The molecule has 0 aromatic heterocycles. The standard InChI is InChI=1S/C29H32BNO7/c1-28(2)29(3,4)38-30(37-28)13-6-14-34-24-12-7-19(15-27(24)33-5)18-35-21-9-11-23-26(17-21)36-25-16-20(32)8-10-22(25)31-23/h7-12,15-17H,6,13-14,18H2,1-5H3. The van der Waals surface area contributed by atoms with Crippen LogP contribution in [0.2, 0.25) is 6.32 Å². The second-order valence-corrected chi connectivity index (χ2v) is 10.4. The highest BCUT2D eigenvalue weighted by Crippen LogP contribution is 2.38. The van der Waals surface area contributed by atoms with Crippen molar-refractivity contribution in [2.45, 2.75) is 58.2 Å². The van der Waals surface area contributed by atoms with Gasteiger partial charge < -0.3 is 27.9 Å². The topological polar surface area (TPSA) is 89.3 Å². The molecule has 8 nitrogen and oxygen atoms in total. The molecule has 5 rings (SSSR count). The Morgan fingerprint density at radius 3 is 2.45 bits per heavy atom. The Balaban J connectivity index is 1.17. The summed E-state index contributed by atoms with van der Waals surface area (Å²) < 4.78 is 35.5. The van der Waals surface area contributed by atoms with Crippen molar-refractivity contribution in [3.05, 3.63) is 70.4 Å². The van der Waals surface area contributed by atoms with Gasteiger partial charge in [0.2, 0.25) is 0 Å². The smallest absolute Gasteiger partial charge is 0.457 e. The Labute approximate surface area is 222 Å². The minimum absolute atomic E-state index is 0.124. The molecule has 2 aromatic rings. The number of hydrogen-bond donors (Lipinski definition) is 0. The lowest BCUT2D eigenvalue weighted by atomic mass is 9.83. The molecule has 1 fully saturated rings. The van der Waals surface area contributed by atoms with E-state index in [9.17, 15) is 4.79 Å². The molecule has 1 aliphatic carbocycles. The zero-order valence-corrected chi connectivity index (χ0v) is 22.4. The third kappa shape index (κ3) is 5.49. The van der Waals surface area contributed by atoms with Crippen molar-refractivity contribution in [1.82, 2.24) is 4.98 Å². The van der Waals surface area contributed by atoms with E-state index in [4.69, 9.17) is 27.9 Å². The summed E-state index contributed by atoms with van der Waals surface area (Å²) in [5.41, 5.74) is 2.01. The highest BCUT2D eigenvalue weighted by molar-refractivity contribution is 6.45. The SMILES string of the molecule is COc1cc(COc2ccc3nc4ccc(=O)cc-4oc3c2)ccc1OCCCB1OC(C)(C)C(C)(C)O1. The van der Waals surface area contributed by atoms with Crippen molar-refractivity contribution in [3.8, 4) is 28.7 Å². The highest BCUT2D eigenvalue weighted by Gasteiger charge is 2.50. The molecule has 0 atom stereocenters. The molecule has 2 heterocycles.